The van der Waals surface area contributed by atoms with E-state index in [1.54, 1.807) is 0 Å². The van der Waals surface area contributed by atoms with Crippen molar-refractivity contribution in [3.63, 3.8) is 0 Å². The van der Waals surface area contributed by atoms with Crippen molar-refractivity contribution in [1.82, 2.24) is 10.4 Å². The molecule has 17 heavy (non-hydrogen) atoms. The molecule has 1 fully saturated rings. The molecule has 5 nitrogen and oxygen atoms in total. The van der Waals surface area contributed by atoms with Gasteiger partial charge in [-0.1, -0.05) is 30.3 Å². The molecule has 0 saturated carbocycles. The summed E-state index contributed by atoms with van der Waals surface area (Å²) < 4.78 is 0. The van der Waals surface area contributed by atoms with Crippen LogP contribution in [0.5, 0.6) is 0 Å². The molecule has 0 radical (unpaired) electrons. The minimum atomic E-state index is -0.929. The van der Waals surface area contributed by atoms with E-state index in [1.165, 1.54) is 0 Å². The monoisotopic (exact) mass is 236 g/mol. The SMILES string of the molecule is O=C(O)[C@@H]1CN(O)[C@@H](Cc2ccccc2)CN1. The zero-order chi connectivity index (χ0) is 12.3. The number of hydrogen-bond acceptors (Lipinski definition) is 4. The van der Waals surface area contributed by atoms with Crippen molar-refractivity contribution in [3.8, 4) is 0 Å². The molecule has 0 amide bonds. The third kappa shape index (κ3) is 3.03. The number of nitrogens with one attached hydrogen (secondary N) is 1. The van der Waals surface area contributed by atoms with Gasteiger partial charge in [0.2, 0.25) is 0 Å². The molecule has 5 heteroatoms. The van der Waals surface area contributed by atoms with Crippen molar-refractivity contribution < 1.29 is 15.1 Å². The van der Waals surface area contributed by atoms with E-state index in [-0.39, 0.29) is 12.6 Å². The van der Waals surface area contributed by atoms with E-state index in [1.807, 2.05) is 30.3 Å². The predicted molar refractivity (Wildman–Crippen MR) is 61.9 cm³/mol. The van der Waals surface area contributed by atoms with Crippen molar-refractivity contribution in [1.29, 1.82) is 0 Å². The number of carboxylic acid groups (broad SMARTS) is 1. The van der Waals surface area contributed by atoms with E-state index >= 15 is 0 Å². The van der Waals surface area contributed by atoms with Crippen LogP contribution in [0.15, 0.2) is 30.3 Å². The number of piperazine rings is 1. The molecule has 2 rings (SSSR count). The molecular weight excluding hydrogens is 220 g/mol. The van der Waals surface area contributed by atoms with E-state index in [0.29, 0.717) is 13.0 Å². The number of aliphatic carboxylic acids is 1. The van der Waals surface area contributed by atoms with E-state index in [4.69, 9.17) is 5.11 Å². The van der Waals surface area contributed by atoms with Crippen molar-refractivity contribution >= 4 is 5.97 Å². The molecule has 3 N–H and O–H groups in total. The summed E-state index contributed by atoms with van der Waals surface area (Å²) in [5, 5.41) is 22.7. The maximum atomic E-state index is 10.8. The highest BCUT2D eigenvalue weighted by atomic mass is 16.5. The molecule has 0 spiro atoms. The number of benzene rings is 1. The highest BCUT2D eigenvalue weighted by Gasteiger charge is 2.30. The van der Waals surface area contributed by atoms with E-state index in [0.717, 1.165) is 10.6 Å². The Morgan fingerprint density at radius 3 is 2.71 bits per heavy atom. The second kappa shape index (κ2) is 5.27. The number of hydroxylamine groups is 2. The Labute approximate surface area is 99.6 Å². The van der Waals surface area contributed by atoms with E-state index < -0.39 is 12.0 Å². The Kier molecular flexibility index (Phi) is 3.73. The molecule has 1 saturated heterocycles. The summed E-state index contributed by atoms with van der Waals surface area (Å²) in [6, 6.07) is 9.08. The molecular formula is C12H16N2O3. The van der Waals surface area contributed by atoms with Crippen LogP contribution < -0.4 is 5.32 Å². The van der Waals surface area contributed by atoms with Crippen LogP contribution in [-0.4, -0.2) is 46.5 Å². The minimum Gasteiger partial charge on any atom is -0.480 e. The first kappa shape index (κ1) is 12.0. The Balaban J connectivity index is 1.94. The van der Waals surface area contributed by atoms with Crippen LogP contribution in [0.25, 0.3) is 0 Å². The average molecular weight is 236 g/mol. The zero-order valence-electron chi connectivity index (χ0n) is 9.41. The van der Waals surface area contributed by atoms with Crippen molar-refractivity contribution in [2.45, 2.75) is 18.5 Å². The summed E-state index contributed by atoms with van der Waals surface area (Å²) in [4.78, 5) is 10.8. The van der Waals surface area contributed by atoms with Gasteiger partial charge in [-0.25, -0.2) is 0 Å². The molecule has 92 valence electrons. The second-order valence-corrected chi connectivity index (χ2v) is 4.26. The van der Waals surface area contributed by atoms with Crippen LogP contribution in [0.3, 0.4) is 0 Å². The lowest BCUT2D eigenvalue weighted by atomic mass is 10.0. The molecule has 0 bridgehead atoms. The number of carboxylic acids is 1. The van der Waals surface area contributed by atoms with Gasteiger partial charge in [0, 0.05) is 6.54 Å². The third-order valence-electron chi connectivity index (χ3n) is 3.00. The molecule has 2 atom stereocenters. The highest BCUT2D eigenvalue weighted by molar-refractivity contribution is 5.73. The van der Waals surface area contributed by atoms with Gasteiger partial charge in [-0.05, 0) is 12.0 Å². The van der Waals surface area contributed by atoms with Gasteiger partial charge in [-0.2, -0.15) is 5.06 Å². The molecule has 1 aliphatic rings. The van der Waals surface area contributed by atoms with Crippen LogP contribution in [0, 0.1) is 0 Å². The van der Waals surface area contributed by atoms with Gasteiger partial charge >= 0.3 is 5.97 Å². The molecule has 1 aliphatic heterocycles. The normalized spacial score (nSPS) is 25.7. The maximum Gasteiger partial charge on any atom is 0.322 e. The summed E-state index contributed by atoms with van der Waals surface area (Å²) in [7, 11) is 0. The highest BCUT2D eigenvalue weighted by Crippen LogP contribution is 2.11. The molecule has 1 heterocycles. The maximum absolute atomic E-state index is 10.8. The summed E-state index contributed by atoms with van der Waals surface area (Å²) in [6.45, 7) is 0.592. The molecule has 1 aromatic carbocycles. The van der Waals surface area contributed by atoms with Gasteiger partial charge in [0.1, 0.15) is 6.04 Å². The van der Waals surface area contributed by atoms with Crippen LogP contribution in [0.1, 0.15) is 5.56 Å². The lowest BCUT2D eigenvalue weighted by molar-refractivity contribution is -0.163. The van der Waals surface area contributed by atoms with Crippen molar-refractivity contribution in [3.05, 3.63) is 35.9 Å². The summed E-state index contributed by atoms with van der Waals surface area (Å²) in [5.74, 6) is -0.929. The first-order chi connectivity index (χ1) is 8.16. The van der Waals surface area contributed by atoms with Gasteiger partial charge in [0.25, 0.3) is 0 Å². The topological polar surface area (TPSA) is 72.8 Å². The Morgan fingerprint density at radius 1 is 1.41 bits per heavy atom. The first-order valence-corrected chi connectivity index (χ1v) is 5.62. The minimum absolute atomic E-state index is 0.0759. The van der Waals surface area contributed by atoms with Gasteiger partial charge in [0.05, 0.1) is 12.6 Å². The van der Waals surface area contributed by atoms with Crippen LogP contribution >= 0.6 is 0 Å². The van der Waals surface area contributed by atoms with E-state index in [9.17, 15) is 10.0 Å². The predicted octanol–water partition coefficient (Wildman–Crippen LogP) is 0.345. The fourth-order valence-corrected chi connectivity index (χ4v) is 2.01. The Morgan fingerprint density at radius 2 is 2.12 bits per heavy atom. The second-order valence-electron chi connectivity index (χ2n) is 4.26. The standard InChI is InChI=1S/C12H16N2O3/c15-12(16)11-8-14(17)10(7-13-11)6-9-4-2-1-3-5-9/h1-5,10-11,13,17H,6-8H2,(H,15,16)/t10-,11-/m0/s1. The first-order valence-electron chi connectivity index (χ1n) is 5.62. The fraction of sp³-hybridized carbons (Fsp3) is 0.417. The van der Waals surface area contributed by atoms with Crippen molar-refractivity contribution in [2.24, 2.45) is 0 Å². The lowest BCUT2D eigenvalue weighted by Crippen LogP contribution is -2.58. The van der Waals surface area contributed by atoms with Gasteiger partial charge < -0.3 is 15.6 Å². The lowest BCUT2D eigenvalue weighted by Gasteiger charge is -2.34. The van der Waals surface area contributed by atoms with Crippen molar-refractivity contribution in [2.75, 3.05) is 13.1 Å². The van der Waals surface area contributed by atoms with Crippen LogP contribution in [0.2, 0.25) is 0 Å². The van der Waals surface area contributed by atoms with Crippen LogP contribution in [0.4, 0.5) is 0 Å². The van der Waals surface area contributed by atoms with E-state index in [2.05, 4.69) is 5.32 Å². The number of hydrogen-bond donors (Lipinski definition) is 3. The summed E-state index contributed by atoms with van der Waals surface area (Å²) in [5.41, 5.74) is 1.13. The summed E-state index contributed by atoms with van der Waals surface area (Å²) >= 11 is 0. The molecule has 0 aromatic heterocycles. The Bertz CT molecular complexity index is 383. The number of nitrogens with zero attached hydrogens (tertiary/aromatic N) is 1. The average Bonchev–Trinajstić information content (AvgIpc) is 2.33. The third-order valence-corrected chi connectivity index (χ3v) is 3.00. The number of rotatable bonds is 3. The Hall–Kier alpha value is -1.43. The van der Waals surface area contributed by atoms with Gasteiger partial charge in [-0.15, -0.1) is 0 Å². The van der Waals surface area contributed by atoms with Gasteiger partial charge in [0.15, 0.2) is 0 Å². The smallest absolute Gasteiger partial charge is 0.322 e. The quantitative estimate of drug-likeness (QED) is 0.706. The van der Waals surface area contributed by atoms with Gasteiger partial charge in [-0.3, -0.25) is 4.79 Å². The summed E-state index contributed by atoms with van der Waals surface area (Å²) in [6.07, 6.45) is 0.705. The van der Waals surface area contributed by atoms with Crippen LogP contribution in [-0.2, 0) is 11.2 Å². The number of carbonyl (C=O) groups is 1. The molecule has 1 aromatic rings. The molecule has 0 unspecified atom stereocenters. The zero-order valence-corrected chi connectivity index (χ0v) is 9.41. The fourth-order valence-electron chi connectivity index (χ4n) is 2.01. The molecule has 0 aliphatic carbocycles. The largest absolute Gasteiger partial charge is 0.480 e.